The second-order valence-corrected chi connectivity index (χ2v) is 10.9. The van der Waals surface area contributed by atoms with Crippen molar-refractivity contribution in [2.24, 2.45) is 5.41 Å². The van der Waals surface area contributed by atoms with Crippen LogP contribution in [-0.2, 0) is 11.3 Å². The molecule has 0 saturated carbocycles. The SMILES string of the molecule is CC1(C)CC(=O)C2=C(C1)Nc1ccccc1N(C(=O)NCc1ccccc1)C2c1ccc(Cl)cc1Cl. The zero-order chi connectivity index (χ0) is 25.4. The highest BCUT2D eigenvalue weighted by molar-refractivity contribution is 6.35. The third kappa shape index (κ3) is 4.73. The zero-order valence-corrected chi connectivity index (χ0v) is 21.7. The molecular weight excluding hydrogens is 493 g/mol. The van der Waals surface area contributed by atoms with E-state index >= 15 is 0 Å². The predicted molar refractivity (Wildman–Crippen MR) is 145 cm³/mol. The van der Waals surface area contributed by atoms with Crippen molar-refractivity contribution in [1.82, 2.24) is 5.32 Å². The Morgan fingerprint density at radius 3 is 2.50 bits per heavy atom. The van der Waals surface area contributed by atoms with Crippen molar-refractivity contribution < 1.29 is 9.59 Å². The minimum Gasteiger partial charge on any atom is -0.357 e. The molecule has 36 heavy (non-hydrogen) atoms. The fraction of sp³-hybridized carbons (Fsp3) is 0.241. The molecule has 3 aromatic carbocycles. The van der Waals surface area contributed by atoms with E-state index in [1.54, 1.807) is 23.1 Å². The highest BCUT2D eigenvalue weighted by Crippen LogP contribution is 2.49. The Hall–Kier alpha value is -3.28. The molecule has 1 heterocycles. The van der Waals surface area contributed by atoms with E-state index in [-0.39, 0.29) is 17.2 Å². The summed E-state index contributed by atoms with van der Waals surface area (Å²) in [5.41, 5.74) is 4.22. The van der Waals surface area contributed by atoms with Gasteiger partial charge in [-0.05, 0) is 47.2 Å². The van der Waals surface area contributed by atoms with E-state index < -0.39 is 6.04 Å². The van der Waals surface area contributed by atoms with Crippen molar-refractivity contribution in [3.63, 3.8) is 0 Å². The second-order valence-electron chi connectivity index (χ2n) is 10.1. The number of Topliss-reactive ketones (excluding diaryl/α,β-unsaturated/α-hetero) is 1. The number of ketones is 1. The van der Waals surface area contributed by atoms with Gasteiger partial charge in [0, 0.05) is 34.3 Å². The number of anilines is 2. The summed E-state index contributed by atoms with van der Waals surface area (Å²) < 4.78 is 0. The van der Waals surface area contributed by atoms with Gasteiger partial charge in [-0.1, -0.05) is 85.6 Å². The van der Waals surface area contributed by atoms with E-state index in [4.69, 9.17) is 23.2 Å². The van der Waals surface area contributed by atoms with Gasteiger partial charge < -0.3 is 10.6 Å². The Kier molecular flexibility index (Phi) is 6.54. The molecule has 0 bridgehead atoms. The molecular formula is C29H27Cl2N3O2. The van der Waals surface area contributed by atoms with E-state index in [0.717, 1.165) is 16.9 Å². The number of urea groups is 1. The van der Waals surface area contributed by atoms with Crippen LogP contribution < -0.4 is 15.5 Å². The molecule has 0 spiro atoms. The number of rotatable bonds is 3. The normalized spacial score (nSPS) is 18.6. The van der Waals surface area contributed by atoms with Crippen LogP contribution in [0.5, 0.6) is 0 Å². The number of amides is 2. The van der Waals surface area contributed by atoms with Crippen molar-refractivity contribution in [3.05, 3.63) is 105 Å². The lowest BCUT2D eigenvalue weighted by atomic mass is 9.73. The van der Waals surface area contributed by atoms with Gasteiger partial charge in [0.1, 0.15) is 0 Å². The van der Waals surface area contributed by atoms with Crippen LogP contribution >= 0.6 is 23.2 Å². The molecule has 5 nitrogen and oxygen atoms in total. The van der Waals surface area contributed by atoms with Gasteiger partial charge in [0.2, 0.25) is 0 Å². The number of carbonyl (C=O) groups excluding carboxylic acids is 2. The number of carbonyl (C=O) groups is 2. The number of benzene rings is 3. The smallest absolute Gasteiger partial charge is 0.323 e. The van der Waals surface area contributed by atoms with Crippen molar-refractivity contribution in [2.45, 2.75) is 39.3 Å². The van der Waals surface area contributed by atoms with Crippen molar-refractivity contribution in [2.75, 3.05) is 10.2 Å². The molecule has 0 aromatic heterocycles. The molecule has 0 fully saturated rings. The Labute approximate surface area is 221 Å². The number of halogens is 2. The Bertz CT molecular complexity index is 1370. The summed E-state index contributed by atoms with van der Waals surface area (Å²) in [6, 6.07) is 21.5. The molecule has 0 radical (unpaired) electrons. The van der Waals surface area contributed by atoms with Gasteiger partial charge in [-0.2, -0.15) is 0 Å². The van der Waals surface area contributed by atoms with Crippen LogP contribution in [0.2, 0.25) is 10.0 Å². The first-order valence-electron chi connectivity index (χ1n) is 11.9. The summed E-state index contributed by atoms with van der Waals surface area (Å²) in [6.45, 7) is 4.52. The zero-order valence-electron chi connectivity index (χ0n) is 20.1. The lowest BCUT2D eigenvalue weighted by Gasteiger charge is -2.37. The molecule has 2 amide bonds. The lowest BCUT2D eigenvalue weighted by Crippen LogP contribution is -2.44. The first-order chi connectivity index (χ1) is 17.2. The number of hydrogen-bond acceptors (Lipinski definition) is 3. The molecule has 0 saturated heterocycles. The minimum atomic E-state index is -0.722. The molecule has 5 rings (SSSR count). The number of nitrogens with zero attached hydrogens (tertiary/aromatic N) is 1. The van der Waals surface area contributed by atoms with Crippen LogP contribution in [0.25, 0.3) is 0 Å². The quantitative estimate of drug-likeness (QED) is 0.376. The maximum Gasteiger partial charge on any atom is 0.323 e. The van der Waals surface area contributed by atoms with Gasteiger partial charge in [-0.15, -0.1) is 0 Å². The summed E-state index contributed by atoms with van der Waals surface area (Å²) in [7, 11) is 0. The Morgan fingerprint density at radius 2 is 1.75 bits per heavy atom. The molecule has 1 atom stereocenters. The number of nitrogens with one attached hydrogen (secondary N) is 2. The summed E-state index contributed by atoms with van der Waals surface area (Å²) in [6.07, 6.45) is 1.05. The number of para-hydroxylation sites is 2. The maximum absolute atomic E-state index is 13.9. The van der Waals surface area contributed by atoms with Gasteiger partial charge in [0.05, 0.1) is 17.4 Å². The van der Waals surface area contributed by atoms with Crippen molar-refractivity contribution >= 4 is 46.4 Å². The average molecular weight is 520 g/mol. The average Bonchev–Trinajstić information content (AvgIpc) is 2.97. The number of fused-ring (bicyclic) bond motifs is 1. The summed E-state index contributed by atoms with van der Waals surface area (Å²) in [4.78, 5) is 29.3. The lowest BCUT2D eigenvalue weighted by molar-refractivity contribution is -0.118. The monoisotopic (exact) mass is 519 g/mol. The van der Waals surface area contributed by atoms with Crippen LogP contribution in [-0.4, -0.2) is 11.8 Å². The summed E-state index contributed by atoms with van der Waals surface area (Å²) in [5, 5.41) is 7.44. The molecule has 2 N–H and O–H groups in total. The van der Waals surface area contributed by atoms with E-state index in [2.05, 4.69) is 24.5 Å². The van der Waals surface area contributed by atoms with E-state index in [0.29, 0.717) is 46.3 Å². The molecule has 7 heteroatoms. The largest absolute Gasteiger partial charge is 0.357 e. The molecule has 1 aliphatic heterocycles. The van der Waals surface area contributed by atoms with Gasteiger partial charge in [0.15, 0.2) is 5.78 Å². The van der Waals surface area contributed by atoms with Crippen LogP contribution in [0.4, 0.5) is 16.2 Å². The van der Waals surface area contributed by atoms with Gasteiger partial charge in [-0.25, -0.2) is 4.79 Å². The van der Waals surface area contributed by atoms with E-state index in [1.165, 1.54) is 0 Å². The Balaban J connectivity index is 1.68. The third-order valence-corrected chi connectivity index (χ3v) is 7.23. The maximum atomic E-state index is 13.9. The van der Waals surface area contributed by atoms with Gasteiger partial charge in [0.25, 0.3) is 0 Å². The first-order valence-corrected chi connectivity index (χ1v) is 12.7. The fourth-order valence-corrected chi connectivity index (χ4v) is 5.60. The van der Waals surface area contributed by atoms with Crippen molar-refractivity contribution in [3.8, 4) is 0 Å². The standard InChI is InChI=1S/C29H27Cl2N3O2/c1-29(2)15-23-26(25(35)16-29)27(20-13-12-19(30)14-21(20)31)34(24-11-7-6-10-22(24)33-23)28(36)32-17-18-8-4-3-5-9-18/h3-14,27,33H,15-17H2,1-2H3,(H,32,36). The molecule has 184 valence electrons. The fourth-order valence-electron chi connectivity index (χ4n) is 5.09. The number of allylic oxidation sites excluding steroid dienone is 1. The van der Waals surface area contributed by atoms with Crippen LogP contribution in [0, 0.1) is 5.41 Å². The van der Waals surface area contributed by atoms with Gasteiger partial charge >= 0.3 is 6.03 Å². The minimum absolute atomic E-state index is 0.00145. The first kappa shape index (κ1) is 24.4. The Morgan fingerprint density at radius 1 is 1.03 bits per heavy atom. The van der Waals surface area contributed by atoms with Crippen molar-refractivity contribution in [1.29, 1.82) is 0 Å². The highest BCUT2D eigenvalue weighted by Gasteiger charge is 2.43. The van der Waals surface area contributed by atoms with Crippen LogP contribution in [0.15, 0.2) is 84.1 Å². The third-order valence-electron chi connectivity index (χ3n) is 6.66. The second kappa shape index (κ2) is 9.64. The molecule has 3 aromatic rings. The molecule has 2 aliphatic rings. The highest BCUT2D eigenvalue weighted by atomic mass is 35.5. The van der Waals surface area contributed by atoms with Crippen LogP contribution in [0.1, 0.15) is 43.9 Å². The topological polar surface area (TPSA) is 61.4 Å². The van der Waals surface area contributed by atoms with Gasteiger partial charge in [-0.3, -0.25) is 9.69 Å². The van der Waals surface area contributed by atoms with Crippen LogP contribution in [0.3, 0.4) is 0 Å². The summed E-state index contributed by atoms with van der Waals surface area (Å²) >= 11 is 12.9. The molecule has 1 unspecified atom stereocenters. The predicted octanol–water partition coefficient (Wildman–Crippen LogP) is 7.52. The van der Waals surface area contributed by atoms with E-state index in [9.17, 15) is 9.59 Å². The van der Waals surface area contributed by atoms with E-state index in [1.807, 2.05) is 54.6 Å². The molecule has 1 aliphatic carbocycles. The summed E-state index contributed by atoms with van der Waals surface area (Å²) in [5.74, 6) is -0.00145. The number of hydrogen-bond donors (Lipinski definition) is 2.